The molecular weight excluding hydrogens is 228 g/mol. The molecule has 18 heavy (non-hydrogen) atoms. The molecule has 0 atom stereocenters. The van der Waals surface area contributed by atoms with Gasteiger partial charge in [-0.2, -0.15) is 0 Å². The summed E-state index contributed by atoms with van der Waals surface area (Å²) in [5.41, 5.74) is 0. The summed E-state index contributed by atoms with van der Waals surface area (Å²) in [6.07, 6.45) is 11.4. The van der Waals surface area contributed by atoms with Gasteiger partial charge in [0.05, 0.1) is 13.2 Å². The van der Waals surface area contributed by atoms with Gasteiger partial charge in [0.15, 0.2) is 0 Å². The van der Waals surface area contributed by atoms with Gasteiger partial charge in [-0.3, -0.25) is 4.79 Å². The summed E-state index contributed by atoms with van der Waals surface area (Å²) in [7, 11) is 0. The molecule has 0 bridgehead atoms. The summed E-state index contributed by atoms with van der Waals surface area (Å²) in [6.45, 7) is 2.74. The molecule has 0 aromatic carbocycles. The number of rotatable bonds is 13. The molecule has 107 valence electrons. The maximum absolute atomic E-state index is 11.3. The van der Waals surface area contributed by atoms with Crippen molar-refractivity contribution in [3.8, 4) is 0 Å². The average Bonchev–Trinajstić information content (AvgIpc) is 2.37. The fourth-order valence-corrected chi connectivity index (χ4v) is 1.83. The highest BCUT2D eigenvalue weighted by Gasteiger charge is 2.01. The number of esters is 1. The smallest absolute Gasteiger partial charge is 0.305 e. The Balaban J connectivity index is 3.08. The molecule has 3 nitrogen and oxygen atoms in total. The normalized spacial score (nSPS) is 10.6. The molecule has 0 aliphatic carbocycles. The molecule has 0 fully saturated rings. The molecule has 0 N–H and O–H groups in total. The van der Waals surface area contributed by atoms with E-state index in [1.54, 1.807) is 0 Å². The highest BCUT2D eigenvalue weighted by Crippen LogP contribution is 2.10. The molecular formula is C15H29O3. The van der Waals surface area contributed by atoms with E-state index in [0.717, 1.165) is 38.5 Å². The zero-order valence-electron chi connectivity index (χ0n) is 11.9. The molecule has 0 rings (SSSR count). The lowest BCUT2D eigenvalue weighted by atomic mass is 10.1. The number of carbonyl (C=O) groups excluding carboxylic acids is 1. The standard InChI is InChI=1S/C15H29O3/c1-2-3-14-18-15(17)12-10-8-6-4-5-7-9-11-13-16/h2-14H2,1H3. The first-order chi connectivity index (χ1) is 8.81. The van der Waals surface area contributed by atoms with Gasteiger partial charge >= 0.3 is 5.97 Å². The molecule has 1 radical (unpaired) electrons. The van der Waals surface area contributed by atoms with Gasteiger partial charge in [-0.15, -0.1) is 0 Å². The van der Waals surface area contributed by atoms with Crippen molar-refractivity contribution in [3.63, 3.8) is 0 Å². The van der Waals surface area contributed by atoms with Gasteiger partial charge in [-0.05, 0) is 19.3 Å². The van der Waals surface area contributed by atoms with E-state index in [2.05, 4.69) is 6.92 Å². The summed E-state index contributed by atoms with van der Waals surface area (Å²) in [6, 6.07) is 0. The van der Waals surface area contributed by atoms with Crippen LogP contribution in [0.5, 0.6) is 0 Å². The fourth-order valence-electron chi connectivity index (χ4n) is 1.83. The fraction of sp³-hybridized carbons (Fsp3) is 0.933. The number of carbonyl (C=O) groups is 1. The summed E-state index contributed by atoms with van der Waals surface area (Å²) in [4.78, 5) is 11.3. The van der Waals surface area contributed by atoms with Gasteiger partial charge < -0.3 is 4.74 Å². The number of hydrogen-bond acceptors (Lipinski definition) is 2. The van der Waals surface area contributed by atoms with Gasteiger partial charge in [0.25, 0.3) is 0 Å². The minimum absolute atomic E-state index is 0.0427. The summed E-state index contributed by atoms with van der Waals surface area (Å²) >= 11 is 0. The third-order valence-corrected chi connectivity index (χ3v) is 3.04. The predicted octanol–water partition coefficient (Wildman–Crippen LogP) is 4.27. The van der Waals surface area contributed by atoms with E-state index in [9.17, 15) is 9.90 Å². The second-order valence-electron chi connectivity index (χ2n) is 4.86. The van der Waals surface area contributed by atoms with Crippen molar-refractivity contribution in [2.45, 2.75) is 77.6 Å². The van der Waals surface area contributed by atoms with Crippen molar-refractivity contribution in [1.29, 1.82) is 0 Å². The first-order valence-corrected chi connectivity index (χ1v) is 7.55. The van der Waals surface area contributed by atoms with Crippen molar-refractivity contribution < 1.29 is 14.6 Å². The molecule has 0 aromatic rings. The second-order valence-corrected chi connectivity index (χ2v) is 4.86. The number of ether oxygens (including phenoxy) is 1. The van der Waals surface area contributed by atoms with Crippen LogP contribution in [0.1, 0.15) is 77.6 Å². The van der Waals surface area contributed by atoms with E-state index in [4.69, 9.17) is 4.74 Å². The number of unbranched alkanes of at least 4 members (excludes halogenated alkanes) is 8. The molecule has 0 saturated carbocycles. The molecule has 3 heteroatoms. The average molecular weight is 257 g/mol. The summed E-state index contributed by atoms with van der Waals surface area (Å²) in [5.74, 6) is -0.0427. The van der Waals surface area contributed by atoms with Crippen molar-refractivity contribution in [3.05, 3.63) is 0 Å². The Morgan fingerprint density at radius 3 is 1.94 bits per heavy atom. The van der Waals surface area contributed by atoms with Crippen LogP contribution in [0.2, 0.25) is 0 Å². The van der Waals surface area contributed by atoms with E-state index < -0.39 is 0 Å². The first-order valence-electron chi connectivity index (χ1n) is 7.55. The van der Waals surface area contributed by atoms with Crippen LogP contribution in [0, 0.1) is 0 Å². The first kappa shape index (κ1) is 17.4. The lowest BCUT2D eigenvalue weighted by molar-refractivity contribution is -0.143. The molecule has 0 aliphatic rings. The Morgan fingerprint density at radius 2 is 1.39 bits per heavy atom. The van der Waals surface area contributed by atoms with E-state index in [1.165, 1.54) is 25.7 Å². The minimum atomic E-state index is -0.0427. The SMILES string of the molecule is CCCCOC(=O)CCCCCCCCCC[O]. The van der Waals surface area contributed by atoms with Crippen LogP contribution < -0.4 is 0 Å². The Kier molecular flexibility index (Phi) is 14.0. The molecule has 0 amide bonds. The second kappa shape index (κ2) is 14.5. The van der Waals surface area contributed by atoms with Crippen LogP contribution in [-0.4, -0.2) is 19.2 Å². The third kappa shape index (κ3) is 13.5. The van der Waals surface area contributed by atoms with Crippen LogP contribution in [0.3, 0.4) is 0 Å². The maximum atomic E-state index is 11.3. The summed E-state index contributed by atoms with van der Waals surface area (Å²) in [5, 5.41) is 10.2. The Labute approximate surface area is 112 Å². The monoisotopic (exact) mass is 257 g/mol. The number of hydrogen-bond donors (Lipinski definition) is 0. The van der Waals surface area contributed by atoms with Crippen LogP contribution in [0.25, 0.3) is 0 Å². The van der Waals surface area contributed by atoms with E-state index >= 15 is 0 Å². The summed E-state index contributed by atoms with van der Waals surface area (Å²) < 4.78 is 5.09. The van der Waals surface area contributed by atoms with Crippen LogP contribution in [0.4, 0.5) is 0 Å². The van der Waals surface area contributed by atoms with E-state index in [-0.39, 0.29) is 12.6 Å². The van der Waals surface area contributed by atoms with Gasteiger partial charge in [0.2, 0.25) is 0 Å². The Hall–Kier alpha value is -0.570. The van der Waals surface area contributed by atoms with E-state index in [0.29, 0.717) is 13.0 Å². The van der Waals surface area contributed by atoms with Crippen LogP contribution in [0.15, 0.2) is 0 Å². The molecule has 0 heterocycles. The lowest BCUT2D eigenvalue weighted by Gasteiger charge is -2.04. The van der Waals surface area contributed by atoms with Gasteiger partial charge in [0.1, 0.15) is 0 Å². The maximum Gasteiger partial charge on any atom is 0.305 e. The molecule has 0 spiro atoms. The van der Waals surface area contributed by atoms with Gasteiger partial charge in [-0.25, -0.2) is 5.11 Å². The Morgan fingerprint density at radius 1 is 0.833 bits per heavy atom. The Bertz CT molecular complexity index is 181. The van der Waals surface area contributed by atoms with Crippen molar-refractivity contribution in [2.75, 3.05) is 13.2 Å². The largest absolute Gasteiger partial charge is 0.466 e. The third-order valence-electron chi connectivity index (χ3n) is 3.04. The topological polar surface area (TPSA) is 46.2 Å². The van der Waals surface area contributed by atoms with Crippen molar-refractivity contribution in [1.82, 2.24) is 0 Å². The quantitative estimate of drug-likeness (QED) is 0.365. The zero-order chi connectivity index (χ0) is 13.5. The lowest BCUT2D eigenvalue weighted by Crippen LogP contribution is -2.05. The minimum Gasteiger partial charge on any atom is -0.466 e. The molecule has 0 saturated heterocycles. The van der Waals surface area contributed by atoms with Crippen molar-refractivity contribution in [2.24, 2.45) is 0 Å². The highest BCUT2D eigenvalue weighted by atomic mass is 16.5. The molecule has 0 aromatic heterocycles. The zero-order valence-corrected chi connectivity index (χ0v) is 11.9. The highest BCUT2D eigenvalue weighted by molar-refractivity contribution is 5.69. The van der Waals surface area contributed by atoms with Gasteiger partial charge in [-0.1, -0.05) is 51.9 Å². The van der Waals surface area contributed by atoms with Gasteiger partial charge in [0, 0.05) is 6.42 Å². The van der Waals surface area contributed by atoms with Crippen LogP contribution in [-0.2, 0) is 14.6 Å². The van der Waals surface area contributed by atoms with Crippen molar-refractivity contribution >= 4 is 5.97 Å². The van der Waals surface area contributed by atoms with Crippen LogP contribution >= 0.6 is 0 Å². The predicted molar refractivity (Wildman–Crippen MR) is 73.0 cm³/mol. The van der Waals surface area contributed by atoms with E-state index in [1.807, 2.05) is 0 Å². The molecule has 0 unspecified atom stereocenters. The molecule has 0 aliphatic heterocycles.